The van der Waals surface area contributed by atoms with Gasteiger partial charge in [-0.2, -0.15) is 0 Å². The molecule has 124 valence electrons. The predicted octanol–water partition coefficient (Wildman–Crippen LogP) is 4.54. The van der Waals surface area contributed by atoms with Gasteiger partial charge in [-0.25, -0.2) is 9.37 Å². The first-order valence-electron chi connectivity index (χ1n) is 7.86. The van der Waals surface area contributed by atoms with Crippen LogP contribution in [0.5, 0.6) is 0 Å². The van der Waals surface area contributed by atoms with Crippen molar-refractivity contribution in [2.45, 2.75) is 27.2 Å². The van der Waals surface area contributed by atoms with E-state index in [0.29, 0.717) is 12.2 Å². The lowest BCUT2D eigenvalue weighted by atomic mass is 9.92. The van der Waals surface area contributed by atoms with Crippen LogP contribution in [0.15, 0.2) is 48.7 Å². The SMILES string of the molecule is CC(C)(C)CC(=O)Nc1cc2cccnc2n1-c1ccc(F)cc1. The summed E-state index contributed by atoms with van der Waals surface area (Å²) in [5.74, 6) is 0.264. The summed E-state index contributed by atoms with van der Waals surface area (Å²) in [6.45, 7) is 6.05. The Morgan fingerprint density at radius 1 is 1.21 bits per heavy atom. The topological polar surface area (TPSA) is 46.9 Å². The van der Waals surface area contributed by atoms with Gasteiger partial charge < -0.3 is 5.32 Å². The zero-order valence-corrected chi connectivity index (χ0v) is 14.0. The number of nitrogens with zero attached hydrogens (tertiary/aromatic N) is 2. The Bertz CT molecular complexity index is 876. The molecule has 0 fully saturated rings. The largest absolute Gasteiger partial charge is 0.312 e. The molecule has 0 bridgehead atoms. The smallest absolute Gasteiger partial charge is 0.226 e. The number of nitrogens with one attached hydrogen (secondary N) is 1. The van der Waals surface area contributed by atoms with Crippen molar-refractivity contribution in [2.75, 3.05) is 5.32 Å². The number of carbonyl (C=O) groups is 1. The van der Waals surface area contributed by atoms with Gasteiger partial charge in [-0.1, -0.05) is 20.8 Å². The standard InChI is InChI=1S/C19H20FN3O/c1-19(2,3)12-17(24)22-16-11-13-5-4-10-21-18(13)23(16)15-8-6-14(20)7-9-15/h4-11H,12H2,1-3H3,(H,22,24). The molecular formula is C19H20FN3O. The van der Waals surface area contributed by atoms with Crippen LogP contribution >= 0.6 is 0 Å². The Kier molecular flexibility index (Phi) is 4.09. The molecule has 0 aliphatic carbocycles. The highest BCUT2D eigenvalue weighted by Crippen LogP contribution is 2.27. The number of anilines is 1. The molecule has 0 aliphatic heterocycles. The van der Waals surface area contributed by atoms with E-state index in [9.17, 15) is 9.18 Å². The summed E-state index contributed by atoms with van der Waals surface area (Å²) in [4.78, 5) is 16.7. The van der Waals surface area contributed by atoms with Crippen molar-refractivity contribution >= 4 is 22.8 Å². The van der Waals surface area contributed by atoms with Gasteiger partial charge in [0.15, 0.2) is 0 Å². The van der Waals surface area contributed by atoms with Crippen molar-refractivity contribution in [1.82, 2.24) is 9.55 Å². The van der Waals surface area contributed by atoms with Crippen LogP contribution in [0.3, 0.4) is 0 Å². The molecule has 0 radical (unpaired) electrons. The minimum absolute atomic E-state index is 0.0614. The minimum atomic E-state index is -0.304. The van der Waals surface area contributed by atoms with Crippen LogP contribution < -0.4 is 5.32 Å². The van der Waals surface area contributed by atoms with E-state index in [1.807, 2.05) is 43.5 Å². The molecule has 2 aromatic heterocycles. The van der Waals surface area contributed by atoms with Gasteiger partial charge in [0.1, 0.15) is 17.3 Å². The third-order valence-electron chi connectivity index (χ3n) is 3.60. The third-order valence-corrected chi connectivity index (χ3v) is 3.60. The first kappa shape index (κ1) is 16.2. The van der Waals surface area contributed by atoms with Gasteiger partial charge >= 0.3 is 0 Å². The summed E-state index contributed by atoms with van der Waals surface area (Å²) in [6.07, 6.45) is 2.11. The molecule has 4 nitrogen and oxygen atoms in total. The zero-order valence-electron chi connectivity index (χ0n) is 14.0. The second-order valence-electron chi connectivity index (χ2n) is 7.04. The van der Waals surface area contributed by atoms with E-state index in [4.69, 9.17) is 0 Å². The number of pyridine rings is 1. The Morgan fingerprint density at radius 2 is 1.92 bits per heavy atom. The fourth-order valence-corrected chi connectivity index (χ4v) is 2.65. The number of aromatic nitrogens is 2. The lowest BCUT2D eigenvalue weighted by molar-refractivity contribution is -0.117. The molecule has 0 unspecified atom stereocenters. The lowest BCUT2D eigenvalue weighted by Gasteiger charge is -2.18. The molecule has 1 amide bonds. The Labute approximate surface area is 140 Å². The molecular weight excluding hydrogens is 305 g/mol. The predicted molar refractivity (Wildman–Crippen MR) is 93.7 cm³/mol. The molecule has 3 aromatic rings. The Hall–Kier alpha value is -2.69. The van der Waals surface area contributed by atoms with Crippen molar-refractivity contribution in [3.63, 3.8) is 0 Å². The third kappa shape index (κ3) is 3.45. The fourth-order valence-electron chi connectivity index (χ4n) is 2.65. The highest BCUT2D eigenvalue weighted by atomic mass is 19.1. The Morgan fingerprint density at radius 3 is 2.58 bits per heavy atom. The maximum absolute atomic E-state index is 13.2. The highest BCUT2D eigenvalue weighted by Gasteiger charge is 2.19. The monoisotopic (exact) mass is 325 g/mol. The van der Waals surface area contributed by atoms with Crippen LogP contribution in [0, 0.1) is 11.2 Å². The van der Waals surface area contributed by atoms with Crippen LogP contribution in [-0.2, 0) is 4.79 Å². The zero-order chi connectivity index (χ0) is 17.3. The molecule has 2 heterocycles. The number of hydrogen-bond acceptors (Lipinski definition) is 2. The summed E-state index contributed by atoms with van der Waals surface area (Å²) >= 11 is 0. The van der Waals surface area contributed by atoms with E-state index in [-0.39, 0.29) is 17.1 Å². The van der Waals surface area contributed by atoms with Crippen molar-refractivity contribution in [1.29, 1.82) is 0 Å². The number of halogens is 1. The van der Waals surface area contributed by atoms with Crippen LogP contribution in [0.25, 0.3) is 16.7 Å². The van der Waals surface area contributed by atoms with E-state index in [1.54, 1.807) is 18.3 Å². The molecule has 1 N–H and O–H groups in total. The lowest BCUT2D eigenvalue weighted by Crippen LogP contribution is -2.21. The summed E-state index contributed by atoms with van der Waals surface area (Å²) in [5, 5.41) is 3.87. The van der Waals surface area contributed by atoms with Gasteiger partial charge in [-0.3, -0.25) is 9.36 Å². The average molecular weight is 325 g/mol. The van der Waals surface area contributed by atoms with Gasteiger partial charge in [0.25, 0.3) is 0 Å². The Balaban J connectivity index is 2.05. The van der Waals surface area contributed by atoms with Crippen LogP contribution in [-0.4, -0.2) is 15.5 Å². The maximum Gasteiger partial charge on any atom is 0.226 e. The van der Waals surface area contributed by atoms with Crippen molar-refractivity contribution < 1.29 is 9.18 Å². The average Bonchev–Trinajstić information content (AvgIpc) is 2.84. The molecule has 24 heavy (non-hydrogen) atoms. The second kappa shape index (κ2) is 6.07. The first-order valence-corrected chi connectivity index (χ1v) is 7.86. The second-order valence-corrected chi connectivity index (χ2v) is 7.04. The molecule has 0 aliphatic rings. The molecule has 0 saturated heterocycles. The normalized spacial score (nSPS) is 11.7. The maximum atomic E-state index is 13.2. The van der Waals surface area contributed by atoms with Crippen LogP contribution in [0.2, 0.25) is 0 Å². The van der Waals surface area contributed by atoms with Gasteiger partial charge in [0.05, 0.1) is 0 Å². The fraction of sp³-hybridized carbons (Fsp3) is 0.263. The number of carbonyl (C=O) groups excluding carboxylic acids is 1. The quantitative estimate of drug-likeness (QED) is 0.768. The van der Waals surface area contributed by atoms with Gasteiger partial charge in [-0.15, -0.1) is 0 Å². The number of amides is 1. The minimum Gasteiger partial charge on any atom is -0.312 e. The molecule has 0 spiro atoms. The molecule has 0 atom stereocenters. The first-order chi connectivity index (χ1) is 11.3. The van der Waals surface area contributed by atoms with Crippen molar-refractivity contribution in [3.8, 4) is 5.69 Å². The number of hydrogen-bond donors (Lipinski definition) is 1. The summed E-state index contributed by atoms with van der Waals surface area (Å²) in [6, 6.07) is 11.8. The summed E-state index contributed by atoms with van der Waals surface area (Å²) in [5.41, 5.74) is 1.36. The number of fused-ring (bicyclic) bond motifs is 1. The van der Waals surface area contributed by atoms with Gasteiger partial charge in [-0.05, 0) is 47.9 Å². The van der Waals surface area contributed by atoms with E-state index >= 15 is 0 Å². The van der Waals surface area contributed by atoms with E-state index in [2.05, 4.69) is 10.3 Å². The van der Waals surface area contributed by atoms with E-state index < -0.39 is 0 Å². The number of benzene rings is 1. The van der Waals surface area contributed by atoms with Crippen LogP contribution in [0.4, 0.5) is 10.2 Å². The molecule has 5 heteroatoms. The van der Waals surface area contributed by atoms with Crippen molar-refractivity contribution in [3.05, 3.63) is 54.5 Å². The molecule has 3 rings (SSSR count). The van der Waals surface area contributed by atoms with E-state index in [0.717, 1.165) is 16.7 Å². The highest BCUT2D eigenvalue weighted by molar-refractivity contribution is 5.94. The summed E-state index contributed by atoms with van der Waals surface area (Å²) in [7, 11) is 0. The molecule has 0 saturated carbocycles. The van der Waals surface area contributed by atoms with Gasteiger partial charge in [0.2, 0.25) is 5.91 Å². The number of rotatable bonds is 3. The molecule has 1 aromatic carbocycles. The van der Waals surface area contributed by atoms with Gasteiger partial charge in [0, 0.05) is 23.7 Å². The van der Waals surface area contributed by atoms with E-state index in [1.165, 1.54) is 12.1 Å². The summed E-state index contributed by atoms with van der Waals surface area (Å²) < 4.78 is 15.1. The van der Waals surface area contributed by atoms with Crippen LogP contribution in [0.1, 0.15) is 27.2 Å². The van der Waals surface area contributed by atoms with Crippen molar-refractivity contribution in [2.24, 2.45) is 5.41 Å².